The Morgan fingerprint density at radius 2 is 1.72 bits per heavy atom. The number of nitrogens with zero attached hydrogens (tertiary/aromatic N) is 1. The Morgan fingerprint density at radius 1 is 1.12 bits per heavy atom. The van der Waals surface area contributed by atoms with Gasteiger partial charge in [-0.2, -0.15) is 0 Å². The van der Waals surface area contributed by atoms with Gasteiger partial charge in [-0.15, -0.1) is 0 Å². The van der Waals surface area contributed by atoms with Crippen molar-refractivity contribution in [1.82, 2.24) is 9.88 Å². The van der Waals surface area contributed by atoms with Crippen LogP contribution in [0.1, 0.15) is 34.5 Å². The van der Waals surface area contributed by atoms with E-state index in [0.717, 1.165) is 11.3 Å². The highest BCUT2D eigenvalue weighted by Gasteiger charge is 2.35. The summed E-state index contributed by atoms with van der Waals surface area (Å²) in [5, 5.41) is 0. The fourth-order valence-electron chi connectivity index (χ4n) is 2.95. The van der Waals surface area contributed by atoms with Gasteiger partial charge in [0, 0.05) is 42.8 Å². The van der Waals surface area contributed by atoms with Crippen molar-refractivity contribution < 1.29 is 13.6 Å². The molecule has 2 heterocycles. The van der Waals surface area contributed by atoms with Gasteiger partial charge in [0.15, 0.2) is 0 Å². The van der Waals surface area contributed by atoms with E-state index >= 15 is 0 Å². The molecule has 1 saturated heterocycles. The summed E-state index contributed by atoms with van der Waals surface area (Å²) in [5.74, 6) is -2.93. The number of pyridine rings is 1. The van der Waals surface area contributed by atoms with Gasteiger partial charge >= 0.3 is 0 Å². The molecule has 132 valence electrons. The van der Waals surface area contributed by atoms with Gasteiger partial charge in [0.05, 0.1) is 0 Å². The normalized spacial score (nSPS) is 16.7. The monoisotopic (exact) mass is 346 g/mol. The molecule has 0 aliphatic carbocycles. The Morgan fingerprint density at radius 3 is 2.32 bits per heavy atom. The van der Waals surface area contributed by atoms with Crippen LogP contribution in [0.25, 0.3) is 11.1 Å². The van der Waals surface area contributed by atoms with Gasteiger partial charge in [0.2, 0.25) is 0 Å². The molecule has 6 heteroatoms. The third kappa shape index (κ3) is 3.62. The Labute approximate surface area is 144 Å². The standard InChI is InChI=1S/C19H20F2N2O2/c1-12-11-16(17(24)22-13(12)2)14-3-5-15(6-4-14)18(25)23-9-7-19(20,21)8-10-23/h3-6,11H,7-10H2,1-2H3,(H,22,24). The maximum absolute atomic E-state index is 13.2. The number of carbonyl (C=O) groups is 1. The lowest BCUT2D eigenvalue weighted by molar-refractivity contribution is -0.0494. The first-order valence-electron chi connectivity index (χ1n) is 8.25. The molecule has 3 rings (SSSR count). The molecule has 1 amide bonds. The largest absolute Gasteiger partial charge is 0.338 e. The number of rotatable bonds is 2. The predicted molar refractivity (Wildman–Crippen MR) is 92.1 cm³/mol. The number of aromatic nitrogens is 1. The smallest absolute Gasteiger partial charge is 0.256 e. The van der Waals surface area contributed by atoms with Gasteiger partial charge in [0.25, 0.3) is 17.4 Å². The van der Waals surface area contributed by atoms with Crippen molar-refractivity contribution in [2.75, 3.05) is 13.1 Å². The van der Waals surface area contributed by atoms with Crippen LogP contribution in [0.5, 0.6) is 0 Å². The molecule has 1 aromatic heterocycles. The number of H-pyrrole nitrogens is 1. The molecule has 0 unspecified atom stereocenters. The molecule has 0 saturated carbocycles. The summed E-state index contributed by atoms with van der Waals surface area (Å²) in [5.41, 5.74) is 3.31. The van der Waals surface area contributed by atoms with Crippen LogP contribution >= 0.6 is 0 Å². The van der Waals surface area contributed by atoms with Gasteiger partial charge in [-0.05, 0) is 43.2 Å². The Balaban J connectivity index is 1.80. The van der Waals surface area contributed by atoms with E-state index in [-0.39, 0.29) is 37.4 Å². The number of likely N-dealkylation sites (tertiary alicyclic amines) is 1. The van der Waals surface area contributed by atoms with E-state index in [1.165, 1.54) is 4.90 Å². The topological polar surface area (TPSA) is 53.2 Å². The molecule has 1 aliphatic heterocycles. The number of alkyl halides is 2. The van der Waals surface area contributed by atoms with Crippen molar-refractivity contribution in [3.8, 4) is 11.1 Å². The minimum absolute atomic E-state index is 0.0599. The highest BCUT2D eigenvalue weighted by molar-refractivity contribution is 5.94. The summed E-state index contributed by atoms with van der Waals surface area (Å²) in [7, 11) is 0. The molecule has 0 atom stereocenters. The van der Waals surface area contributed by atoms with E-state index in [1.807, 2.05) is 19.9 Å². The van der Waals surface area contributed by atoms with Crippen molar-refractivity contribution in [3.63, 3.8) is 0 Å². The Kier molecular flexibility index (Phi) is 4.45. The van der Waals surface area contributed by atoms with Crippen LogP contribution in [0.2, 0.25) is 0 Å². The third-order valence-corrected chi connectivity index (χ3v) is 4.72. The molecule has 25 heavy (non-hydrogen) atoms. The van der Waals surface area contributed by atoms with E-state index < -0.39 is 5.92 Å². The van der Waals surface area contributed by atoms with E-state index in [1.54, 1.807) is 24.3 Å². The van der Waals surface area contributed by atoms with Crippen LogP contribution in [-0.2, 0) is 0 Å². The zero-order valence-corrected chi connectivity index (χ0v) is 14.2. The third-order valence-electron chi connectivity index (χ3n) is 4.72. The summed E-state index contributed by atoms with van der Waals surface area (Å²) in [6, 6.07) is 8.52. The van der Waals surface area contributed by atoms with Crippen molar-refractivity contribution in [2.24, 2.45) is 0 Å². The Hall–Kier alpha value is -2.50. The Bertz CT molecular complexity index is 847. The average Bonchev–Trinajstić information content (AvgIpc) is 2.58. The van der Waals surface area contributed by atoms with Crippen LogP contribution in [0, 0.1) is 13.8 Å². The number of carbonyl (C=O) groups excluding carboxylic acids is 1. The summed E-state index contributed by atoms with van der Waals surface area (Å²) in [6.45, 7) is 3.87. The number of nitrogens with one attached hydrogen (secondary N) is 1. The molecule has 1 aliphatic rings. The fourth-order valence-corrected chi connectivity index (χ4v) is 2.95. The zero-order valence-electron chi connectivity index (χ0n) is 14.2. The van der Waals surface area contributed by atoms with Crippen molar-refractivity contribution in [2.45, 2.75) is 32.6 Å². The first-order valence-corrected chi connectivity index (χ1v) is 8.25. The second-order valence-corrected chi connectivity index (χ2v) is 6.55. The highest BCUT2D eigenvalue weighted by atomic mass is 19.3. The second-order valence-electron chi connectivity index (χ2n) is 6.55. The molecule has 1 aromatic carbocycles. The van der Waals surface area contributed by atoms with Gasteiger partial charge in [-0.25, -0.2) is 8.78 Å². The fraction of sp³-hybridized carbons (Fsp3) is 0.368. The molecular formula is C19H20F2N2O2. The number of hydrogen-bond donors (Lipinski definition) is 1. The molecule has 1 fully saturated rings. The minimum atomic E-state index is -2.68. The number of hydrogen-bond acceptors (Lipinski definition) is 2. The van der Waals surface area contributed by atoms with E-state index in [0.29, 0.717) is 16.7 Å². The van der Waals surface area contributed by atoms with Gasteiger partial charge in [-0.1, -0.05) is 12.1 Å². The first-order chi connectivity index (χ1) is 11.8. The maximum atomic E-state index is 13.2. The number of aromatic amines is 1. The van der Waals surface area contributed by atoms with E-state index in [9.17, 15) is 18.4 Å². The highest BCUT2D eigenvalue weighted by Crippen LogP contribution is 2.28. The molecule has 1 N–H and O–H groups in total. The van der Waals surface area contributed by atoms with Crippen molar-refractivity contribution in [3.05, 3.63) is 57.5 Å². The first kappa shape index (κ1) is 17.3. The molecule has 0 spiro atoms. The molecular weight excluding hydrogens is 326 g/mol. The number of piperidine rings is 1. The van der Waals surface area contributed by atoms with Gasteiger partial charge in [0.1, 0.15) is 0 Å². The molecule has 0 radical (unpaired) electrons. The minimum Gasteiger partial charge on any atom is -0.338 e. The number of amides is 1. The summed E-state index contributed by atoms with van der Waals surface area (Å²) >= 11 is 0. The van der Waals surface area contributed by atoms with Crippen LogP contribution in [0.15, 0.2) is 35.1 Å². The molecule has 2 aromatic rings. The average molecular weight is 346 g/mol. The SMILES string of the molecule is Cc1cc(-c2ccc(C(=O)N3CCC(F)(F)CC3)cc2)c(=O)[nH]c1C. The predicted octanol–water partition coefficient (Wildman–Crippen LogP) is 3.53. The lowest BCUT2D eigenvalue weighted by atomic mass is 10.0. The lowest BCUT2D eigenvalue weighted by Gasteiger charge is -2.31. The summed E-state index contributed by atoms with van der Waals surface area (Å²) in [4.78, 5) is 28.8. The van der Waals surface area contributed by atoms with Crippen LogP contribution < -0.4 is 5.56 Å². The summed E-state index contributed by atoms with van der Waals surface area (Å²) < 4.78 is 26.4. The quantitative estimate of drug-likeness (QED) is 0.904. The van der Waals surface area contributed by atoms with Crippen molar-refractivity contribution in [1.29, 1.82) is 0 Å². The van der Waals surface area contributed by atoms with Crippen LogP contribution in [0.3, 0.4) is 0 Å². The van der Waals surface area contributed by atoms with E-state index in [2.05, 4.69) is 4.98 Å². The van der Waals surface area contributed by atoms with Crippen LogP contribution in [0.4, 0.5) is 8.78 Å². The zero-order chi connectivity index (χ0) is 18.2. The molecule has 0 bridgehead atoms. The second kappa shape index (κ2) is 6.43. The summed E-state index contributed by atoms with van der Waals surface area (Å²) in [6.07, 6.45) is -0.594. The molecule has 4 nitrogen and oxygen atoms in total. The maximum Gasteiger partial charge on any atom is 0.256 e. The number of halogens is 2. The van der Waals surface area contributed by atoms with Crippen LogP contribution in [-0.4, -0.2) is 34.8 Å². The van der Waals surface area contributed by atoms with Crippen molar-refractivity contribution >= 4 is 5.91 Å². The van der Waals surface area contributed by atoms with Gasteiger partial charge < -0.3 is 9.88 Å². The number of benzene rings is 1. The number of aryl methyl sites for hydroxylation is 2. The van der Waals surface area contributed by atoms with Gasteiger partial charge in [-0.3, -0.25) is 9.59 Å². The lowest BCUT2D eigenvalue weighted by Crippen LogP contribution is -2.42. The van der Waals surface area contributed by atoms with E-state index in [4.69, 9.17) is 0 Å².